The van der Waals surface area contributed by atoms with Crippen LogP contribution in [0.5, 0.6) is 5.75 Å². The van der Waals surface area contributed by atoms with Crippen LogP contribution in [0.25, 0.3) is 0 Å². The van der Waals surface area contributed by atoms with Gasteiger partial charge in [0.1, 0.15) is 5.75 Å². The predicted molar refractivity (Wildman–Crippen MR) is 121 cm³/mol. The molecule has 2 aliphatic heterocycles. The highest BCUT2D eigenvalue weighted by atomic mass is 16.5. The summed E-state index contributed by atoms with van der Waals surface area (Å²) in [6.45, 7) is 3.42. The fourth-order valence-electron chi connectivity index (χ4n) is 6.69. The van der Waals surface area contributed by atoms with Crippen molar-refractivity contribution in [1.29, 1.82) is 0 Å². The third-order valence-corrected chi connectivity index (χ3v) is 8.03. The summed E-state index contributed by atoms with van der Waals surface area (Å²) in [7, 11) is 3.94. The van der Waals surface area contributed by atoms with Crippen LogP contribution in [0.15, 0.2) is 42.6 Å². The number of piperidine rings is 1. The van der Waals surface area contributed by atoms with E-state index < -0.39 is 0 Å². The molecule has 1 aromatic heterocycles. The summed E-state index contributed by atoms with van der Waals surface area (Å²) in [5.74, 6) is 1.04. The van der Waals surface area contributed by atoms with Crippen LogP contribution in [0.3, 0.4) is 0 Å². The van der Waals surface area contributed by atoms with Gasteiger partial charge >= 0.3 is 0 Å². The van der Waals surface area contributed by atoms with Crippen molar-refractivity contribution in [2.24, 2.45) is 5.41 Å². The number of methoxy groups -OCH3 is 1. The van der Waals surface area contributed by atoms with E-state index in [1.165, 1.54) is 19.3 Å². The summed E-state index contributed by atoms with van der Waals surface area (Å²) >= 11 is 0. The number of benzene rings is 1. The molecule has 3 heterocycles. The molecule has 4 atom stereocenters. The van der Waals surface area contributed by atoms with E-state index >= 15 is 0 Å². The number of pyridine rings is 1. The second-order valence-electron chi connectivity index (χ2n) is 9.86. The molecule has 1 aromatic carbocycles. The molecule has 1 saturated carbocycles. The molecule has 5 nitrogen and oxygen atoms in total. The number of aromatic nitrogens is 1. The number of rotatable bonds is 4. The maximum Gasteiger partial charge on any atom is 0.254 e. The second-order valence-corrected chi connectivity index (χ2v) is 9.86. The Kier molecular flexibility index (Phi) is 5.25. The first kappa shape index (κ1) is 20.5. The highest BCUT2D eigenvalue weighted by Crippen LogP contribution is 2.53. The quantitative estimate of drug-likeness (QED) is 0.747. The predicted octanol–water partition coefficient (Wildman–Crippen LogP) is 4.16. The van der Waals surface area contributed by atoms with Crippen molar-refractivity contribution in [2.75, 3.05) is 20.7 Å². The van der Waals surface area contributed by atoms with Gasteiger partial charge in [-0.3, -0.25) is 9.78 Å². The average Bonchev–Trinajstić information content (AvgIpc) is 2.88. The Morgan fingerprint density at radius 1 is 1.19 bits per heavy atom. The Morgan fingerprint density at radius 3 is 2.77 bits per heavy atom. The molecule has 0 unspecified atom stereocenters. The van der Waals surface area contributed by atoms with Crippen LogP contribution in [0.2, 0.25) is 0 Å². The van der Waals surface area contributed by atoms with Crippen molar-refractivity contribution >= 4 is 5.91 Å². The van der Waals surface area contributed by atoms with Crippen molar-refractivity contribution in [3.8, 4) is 5.75 Å². The average molecular weight is 420 g/mol. The van der Waals surface area contributed by atoms with E-state index in [0.29, 0.717) is 24.5 Å². The number of hydrogen-bond acceptors (Lipinski definition) is 4. The molecule has 1 amide bonds. The van der Waals surface area contributed by atoms with Crippen molar-refractivity contribution < 1.29 is 9.53 Å². The molecule has 0 N–H and O–H groups in total. The monoisotopic (exact) mass is 419 g/mol. The number of carbonyl (C=O) groups excluding carboxylic acids is 1. The Balaban J connectivity index is 1.43. The number of ether oxygens (including phenoxy) is 1. The molecule has 2 bridgehead atoms. The lowest BCUT2D eigenvalue weighted by Crippen LogP contribution is -2.51. The van der Waals surface area contributed by atoms with Gasteiger partial charge in [-0.2, -0.15) is 0 Å². The molecule has 5 rings (SSSR count). The summed E-state index contributed by atoms with van der Waals surface area (Å²) < 4.78 is 5.49. The van der Waals surface area contributed by atoms with Gasteiger partial charge in [0.05, 0.1) is 7.11 Å². The topological polar surface area (TPSA) is 45.7 Å². The number of likely N-dealkylation sites (tertiary alicyclic amines) is 2. The van der Waals surface area contributed by atoms with Gasteiger partial charge in [0, 0.05) is 59.5 Å². The molecule has 3 aliphatic rings. The van der Waals surface area contributed by atoms with E-state index in [2.05, 4.69) is 34.8 Å². The number of amides is 1. The molecule has 1 aliphatic carbocycles. The number of carbonyl (C=O) groups is 1. The van der Waals surface area contributed by atoms with Crippen molar-refractivity contribution in [3.05, 3.63) is 59.4 Å². The van der Waals surface area contributed by atoms with Gasteiger partial charge in [-0.05, 0) is 44.5 Å². The Morgan fingerprint density at radius 2 is 1.97 bits per heavy atom. The molecule has 0 spiro atoms. The fraction of sp³-hybridized carbons (Fsp3) is 0.538. The van der Waals surface area contributed by atoms with E-state index in [9.17, 15) is 4.79 Å². The molecule has 0 radical (unpaired) electrons. The van der Waals surface area contributed by atoms with Crippen LogP contribution in [0.4, 0.5) is 0 Å². The van der Waals surface area contributed by atoms with Gasteiger partial charge in [-0.15, -0.1) is 0 Å². The first-order valence-electron chi connectivity index (χ1n) is 11.6. The van der Waals surface area contributed by atoms with Crippen LogP contribution >= 0.6 is 0 Å². The maximum atomic E-state index is 13.8. The number of fused-ring (bicyclic) bond motifs is 1. The summed E-state index contributed by atoms with van der Waals surface area (Å²) in [5.41, 5.74) is 2.95. The number of likely N-dealkylation sites (N-methyl/N-ethyl adjacent to an activating group) is 1. The van der Waals surface area contributed by atoms with Gasteiger partial charge in [0.15, 0.2) is 0 Å². The SMILES string of the molecule is COc1ccccc1Cc1cc(C(=O)N2[C@@H]3CN(C)[C@@H]4CCCC[C@H]2[C@]4(C)C3)ccn1. The van der Waals surface area contributed by atoms with Gasteiger partial charge in [-0.1, -0.05) is 38.0 Å². The highest BCUT2D eigenvalue weighted by molar-refractivity contribution is 5.95. The van der Waals surface area contributed by atoms with Crippen LogP contribution in [-0.2, 0) is 6.42 Å². The summed E-state index contributed by atoms with van der Waals surface area (Å²) in [6, 6.07) is 13.1. The Bertz CT molecular complexity index is 977. The first-order chi connectivity index (χ1) is 15.0. The Hall–Kier alpha value is -2.40. The van der Waals surface area contributed by atoms with Crippen LogP contribution in [-0.4, -0.2) is 59.5 Å². The molecule has 5 heteroatoms. The molecule has 164 valence electrons. The van der Waals surface area contributed by atoms with E-state index in [1.54, 1.807) is 13.3 Å². The fourth-order valence-corrected chi connectivity index (χ4v) is 6.69. The standard InChI is InChI=1S/C26H33N3O2/c1-26-16-21-17-28(2)23(26)10-6-7-11-24(26)29(21)25(30)19-12-13-27-20(15-19)14-18-8-4-5-9-22(18)31-3/h4-5,8-9,12-13,15,21,23-24H,6-7,10-11,14,16-17H2,1-3H3/t21-,23+,24-,26+/m0/s1. The van der Waals surface area contributed by atoms with Gasteiger partial charge in [0.2, 0.25) is 0 Å². The molecular weight excluding hydrogens is 386 g/mol. The van der Waals surface area contributed by atoms with E-state index in [4.69, 9.17) is 4.74 Å². The van der Waals surface area contributed by atoms with Crippen molar-refractivity contribution in [1.82, 2.24) is 14.8 Å². The molecule has 3 fully saturated rings. The van der Waals surface area contributed by atoms with Gasteiger partial charge in [-0.25, -0.2) is 0 Å². The van der Waals surface area contributed by atoms with Crippen LogP contribution < -0.4 is 4.74 Å². The number of hydrogen-bond donors (Lipinski definition) is 0. The lowest BCUT2D eigenvalue weighted by atomic mass is 9.71. The lowest BCUT2D eigenvalue weighted by molar-refractivity contribution is 0.0577. The zero-order valence-electron chi connectivity index (χ0n) is 18.9. The van der Waals surface area contributed by atoms with Gasteiger partial charge < -0.3 is 14.5 Å². The maximum absolute atomic E-state index is 13.8. The summed E-state index contributed by atoms with van der Waals surface area (Å²) in [6.07, 6.45) is 8.45. The molecule has 2 aromatic rings. The smallest absolute Gasteiger partial charge is 0.254 e. The largest absolute Gasteiger partial charge is 0.496 e. The minimum Gasteiger partial charge on any atom is -0.496 e. The van der Waals surface area contributed by atoms with Gasteiger partial charge in [0.25, 0.3) is 5.91 Å². The normalized spacial score (nSPS) is 30.2. The van der Waals surface area contributed by atoms with E-state index in [-0.39, 0.29) is 11.3 Å². The highest BCUT2D eigenvalue weighted by Gasteiger charge is 2.59. The minimum absolute atomic E-state index is 0.179. The molecular formula is C26H33N3O2. The summed E-state index contributed by atoms with van der Waals surface area (Å²) in [4.78, 5) is 23.2. The zero-order valence-corrected chi connectivity index (χ0v) is 18.9. The second kappa shape index (κ2) is 7.94. The van der Waals surface area contributed by atoms with E-state index in [1.807, 2.05) is 30.3 Å². The number of nitrogens with zero attached hydrogens (tertiary/aromatic N) is 3. The van der Waals surface area contributed by atoms with Crippen LogP contribution in [0, 0.1) is 5.41 Å². The van der Waals surface area contributed by atoms with E-state index in [0.717, 1.165) is 42.0 Å². The van der Waals surface area contributed by atoms with Crippen molar-refractivity contribution in [3.63, 3.8) is 0 Å². The Labute approximate surface area is 185 Å². The zero-order chi connectivity index (χ0) is 21.6. The molecule has 31 heavy (non-hydrogen) atoms. The van der Waals surface area contributed by atoms with Crippen molar-refractivity contribution in [2.45, 2.75) is 63.6 Å². The third-order valence-electron chi connectivity index (χ3n) is 8.03. The lowest BCUT2D eigenvalue weighted by Gasteiger charge is -2.44. The molecule has 2 saturated heterocycles. The minimum atomic E-state index is 0.179. The third kappa shape index (κ3) is 3.43. The first-order valence-corrected chi connectivity index (χ1v) is 11.6. The number of para-hydroxylation sites is 1. The van der Waals surface area contributed by atoms with Crippen LogP contribution in [0.1, 0.15) is 60.6 Å². The summed E-state index contributed by atoms with van der Waals surface area (Å²) in [5, 5.41) is 0.